The fraction of sp³-hybridized carbons (Fsp3) is 0.667. The molecule has 1 saturated carbocycles. The van der Waals surface area contributed by atoms with Crippen molar-refractivity contribution >= 4 is 41.3 Å². The van der Waals surface area contributed by atoms with Gasteiger partial charge in [0.2, 0.25) is 0 Å². The van der Waals surface area contributed by atoms with Crippen LogP contribution in [0.2, 0.25) is 0 Å². The fourth-order valence-corrected chi connectivity index (χ4v) is 3.84. The number of aliphatic imine (C=N–C) groups is 1. The average Bonchev–Trinajstić information content (AvgIpc) is 3.02. The normalized spacial score (nSPS) is 20.6. The third-order valence-electron chi connectivity index (χ3n) is 4.48. The van der Waals surface area contributed by atoms with Crippen molar-refractivity contribution in [3.63, 3.8) is 0 Å². The summed E-state index contributed by atoms with van der Waals surface area (Å²) < 4.78 is 0. The zero-order valence-electron chi connectivity index (χ0n) is 12.1. The number of thiophene rings is 1. The van der Waals surface area contributed by atoms with Crippen LogP contribution in [0.4, 0.5) is 0 Å². The highest BCUT2D eigenvalue weighted by atomic mass is 127. The molecule has 0 radical (unpaired) electrons. The predicted octanol–water partition coefficient (Wildman–Crippen LogP) is 3.71. The molecule has 20 heavy (non-hydrogen) atoms. The number of likely N-dealkylation sites (tertiary alicyclic amines) is 1. The van der Waals surface area contributed by atoms with E-state index in [-0.39, 0.29) is 24.0 Å². The van der Waals surface area contributed by atoms with Gasteiger partial charge in [-0.15, -0.1) is 24.0 Å². The van der Waals surface area contributed by atoms with Crippen LogP contribution in [0.3, 0.4) is 0 Å². The Hall–Kier alpha value is -0.300. The minimum atomic E-state index is 0. The molecule has 2 heterocycles. The van der Waals surface area contributed by atoms with E-state index in [0.29, 0.717) is 5.41 Å². The van der Waals surface area contributed by atoms with Gasteiger partial charge in [-0.3, -0.25) is 0 Å². The maximum Gasteiger partial charge on any atom is 0.194 e. The smallest absolute Gasteiger partial charge is 0.194 e. The Balaban J connectivity index is 0.00000147. The van der Waals surface area contributed by atoms with Crippen LogP contribution in [0, 0.1) is 5.41 Å². The maximum atomic E-state index is 4.80. The number of rotatable bonds is 3. The summed E-state index contributed by atoms with van der Waals surface area (Å²) in [5.74, 6) is 1.11. The number of nitrogens with one attached hydrogen (secondary N) is 1. The van der Waals surface area contributed by atoms with Crippen LogP contribution in [0.1, 0.15) is 38.2 Å². The molecule has 1 aromatic rings. The van der Waals surface area contributed by atoms with E-state index in [0.717, 1.165) is 19.0 Å². The standard InChI is InChI=1S/C15H23N3S.HI/c1-2-16-14(17-10-13-4-9-19-11-13)18-8-7-15(12-18)5-3-6-15;/h4,9,11H,2-3,5-8,10,12H2,1H3,(H,16,17);1H. The number of hydrogen-bond donors (Lipinski definition) is 1. The van der Waals surface area contributed by atoms with E-state index >= 15 is 0 Å². The van der Waals surface area contributed by atoms with Gasteiger partial charge in [0.25, 0.3) is 0 Å². The van der Waals surface area contributed by atoms with E-state index in [9.17, 15) is 0 Å². The molecule has 0 aromatic carbocycles. The second-order valence-corrected chi connectivity index (χ2v) is 6.61. The summed E-state index contributed by atoms with van der Waals surface area (Å²) in [5, 5.41) is 7.76. The molecule has 1 saturated heterocycles. The lowest BCUT2D eigenvalue weighted by Crippen LogP contribution is -2.42. The highest BCUT2D eigenvalue weighted by Gasteiger charge is 2.43. The van der Waals surface area contributed by atoms with E-state index in [1.54, 1.807) is 11.3 Å². The molecule has 3 rings (SSSR count). The zero-order chi connectivity index (χ0) is 13.1. The fourth-order valence-electron chi connectivity index (χ4n) is 3.18. The van der Waals surface area contributed by atoms with Gasteiger partial charge in [-0.25, -0.2) is 4.99 Å². The van der Waals surface area contributed by atoms with Crippen LogP contribution >= 0.6 is 35.3 Å². The lowest BCUT2D eigenvalue weighted by atomic mass is 9.68. The van der Waals surface area contributed by atoms with Crippen molar-refractivity contribution in [1.29, 1.82) is 0 Å². The molecule has 3 nitrogen and oxygen atoms in total. The minimum absolute atomic E-state index is 0. The number of guanidine groups is 1. The second kappa shape index (κ2) is 7.11. The average molecular weight is 405 g/mol. The van der Waals surface area contributed by atoms with Crippen molar-refractivity contribution in [2.75, 3.05) is 19.6 Å². The van der Waals surface area contributed by atoms with Gasteiger partial charge in [0, 0.05) is 19.6 Å². The summed E-state index contributed by atoms with van der Waals surface area (Å²) in [4.78, 5) is 7.27. The van der Waals surface area contributed by atoms with Crippen molar-refractivity contribution in [2.24, 2.45) is 10.4 Å². The molecule has 0 amide bonds. The molecule has 1 aliphatic carbocycles. The molecule has 2 fully saturated rings. The van der Waals surface area contributed by atoms with Gasteiger partial charge in [-0.05, 0) is 54.0 Å². The summed E-state index contributed by atoms with van der Waals surface area (Å²) in [6, 6.07) is 2.16. The first kappa shape index (κ1) is 16.1. The summed E-state index contributed by atoms with van der Waals surface area (Å²) in [7, 11) is 0. The topological polar surface area (TPSA) is 27.6 Å². The van der Waals surface area contributed by atoms with Gasteiger partial charge in [0.15, 0.2) is 5.96 Å². The van der Waals surface area contributed by atoms with Gasteiger partial charge in [0.1, 0.15) is 0 Å². The second-order valence-electron chi connectivity index (χ2n) is 5.83. The van der Waals surface area contributed by atoms with E-state index in [4.69, 9.17) is 4.99 Å². The lowest BCUT2D eigenvalue weighted by molar-refractivity contribution is 0.151. The van der Waals surface area contributed by atoms with Gasteiger partial charge in [-0.1, -0.05) is 6.42 Å². The minimum Gasteiger partial charge on any atom is -0.357 e. The molecule has 5 heteroatoms. The highest BCUT2D eigenvalue weighted by Crippen LogP contribution is 2.47. The van der Waals surface area contributed by atoms with Crippen LogP contribution in [0.5, 0.6) is 0 Å². The molecule has 1 aliphatic heterocycles. The molecule has 0 atom stereocenters. The zero-order valence-corrected chi connectivity index (χ0v) is 15.2. The Bertz CT molecular complexity index is 440. The Morgan fingerprint density at radius 2 is 2.30 bits per heavy atom. The number of nitrogens with zero attached hydrogens (tertiary/aromatic N) is 2. The van der Waals surface area contributed by atoms with Crippen molar-refractivity contribution in [2.45, 2.75) is 39.2 Å². The quantitative estimate of drug-likeness (QED) is 0.472. The molecule has 112 valence electrons. The number of hydrogen-bond acceptors (Lipinski definition) is 2. The molecule has 0 bridgehead atoms. The molecule has 1 spiro atoms. The Kier molecular flexibility index (Phi) is 5.72. The van der Waals surface area contributed by atoms with Crippen LogP contribution in [0.25, 0.3) is 0 Å². The third kappa shape index (κ3) is 3.47. The third-order valence-corrected chi connectivity index (χ3v) is 5.21. The maximum absolute atomic E-state index is 4.80. The van der Waals surface area contributed by atoms with E-state index in [1.807, 2.05) is 0 Å². The molecule has 2 aliphatic rings. The van der Waals surface area contributed by atoms with Gasteiger partial charge >= 0.3 is 0 Å². The SMILES string of the molecule is CCNC(=NCc1ccsc1)N1CCC2(CCC2)C1.I. The predicted molar refractivity (Wildman–Crippen MR) is 97.0 cm³/mol. The van der Waals surface area contributed by atoms with E-state index in [2.05, 4.69) is 34.0 Å². The molecule has 1 N–H and O–H groups in total. The van der Waals surface area contributed by atoms with Crippen LogP contribution in [0.15, 0.2) is 21.8 Å². The lowest BCUT2D eigenvalue weighted by Gasteiger charge is -2.38. The van der Waals surface area contributed by atoms with Crippen molar-refractivity contribution in [1.82, 2.24) is 10.2 Å². The van der Waals surface area contributed by atoms with Crippen LogP contribution in [-0.4, -0.2) is 30.5 Å². The van der Waals surface area contributed by atoms with E-state index < -0.39 is 0 Å². The Labute approximate surface area is 142 Å². The van der Waals surface area contributed by atoms with Gasteiger partial charge < -0.3 is 10.2 Å². The molecular weight excluding hydrogens is 381 g/mol. The summed E-state index contributed by atoms with van der Waals surface area (Å²) in [5.41, 5.74) is 1.96. The monoisotopic (exact) mass is 405 g/mol. The van der Waals surface area contributed by atoms with Crippen molar-refractivity contribution in [3.8, 4) is 0 Å². The Morgan fingerprint density at radius 1 is 1.45 bits per heavy atom. The van der Waals surface area contributed by atoms with Gasteiger partial charge in [0.05, 0.1) is 6.54 Å². The Morgan fingerprint density at radius 3 is 2.85 bits per heavy atom. The first-order valence-electron chi connectivity index (χ1n) is 7.36. The van der Waals surface area contributed by atoms with Gasteiger partial charge in [-0.2, -0.15) is 11.3 Å². The van der Waals surface area contributed by atoms with Crippen LogP contribution in [-0.2, 0) is 6.54 Å². The first-order chi connectivity index (χ1) is 9.31. The molecule has 0 unspecified atom stereocenters. The molecule has 1 aromatic heterocycles. The van der Waals surface area contributed by atoms with E-state index in [1.165, 1.54) is 44.3 Å². The molecular formula is C15H24IN3S. The van der Waals surface area contributed by atoms with Crippen molar-refractivity contribution in [3.05, 3.63) is 22.4 Å². The summed E-state index contributed by atoms with van der Waals surface area (Å²) in [6.45, 7) is 6.29. The van der Waals surface area contributed by atoms with Crippen molar-refractivity contribution < 1.29 is 0 Å². The summed E-state index contributed by atoms with van der Waals surface area (Å²) >= 11 is 1.75. The van der Waals surface area contributed by atoms with Crippen LogP contribution < -0.4 is 5.32 Å². The summed E-state index contributed by atoms with van der Waals surface area (Å²) in [6.07, 6.45) is 5.63. The highest BCUT2D eigenvalue weighted by molar-refractivity contribution is 14.0. The first-order valence-corrected chi connectivity index (χ1v) is 8.30. The largest absolute Gasteiger partial charge is 0.357 e. The number of halogens is 1.